The molecular formula is C28H29Cl2N3O4. The number of halogens is 2. The highest BCUT2D eigenvalue weighted by Gasteiger charge is 2.24. The van der Waals surface area contributed by atoms with Gasteiger partial charge in [0.2, 0.25) is 0 Å². The predicted molar refractivity (Wildman–Crippen MR) is 147 cm³/mol. The van der Waals surface area contributed by atoms with Gasteiger partial charge < -0.3 is 14.8 Å². The third-order valence-corrected chi connectivity index (χ3v) is 5.91. The Morgan fingerprint density at radius 2 is 1.73 bits per heavy atom. The first-order chi connectivity index (χ1) is 17.8. The van der Waals surface area contributed by atoms with E-state index in [4.69, 9.17) is 32.7 Å². The van der Waals surface area contributed by atoms with Crippen LogP contribution in [0.5, 0.6) is 11.5 Å². The molecule has 7 nitrogen and oxygen atoms in total. The molecule has 0 aliphatic rings. The van der Waals surface area contributed by atoms with E-state index in [9.17, 15) is 9.59 Å². The number of benzene rings is 3. The summed E-state index contributed by atoms with van der Waals surface area (Å²) in [4.78, 5) is 25.2. The van der Waals surface area contributed by atoms with E-state index >= 15 is 0 Å². The Bertz CT molecular complexity index is 1250. The first kappa shape index (κ1) is 28.0. The van der Waals surface area contributed by atoms with Crippen LogP contribution in [0.15, 0.2) is 71.8 Å². The maximum Gasteiger partial charge on any atom is 0.262 e. The maximum atomic E-state index is 12.7. The molecule has 0 radical (unpaired) electrons. The van der Waals surface area contributed by atoms with E-state index in [0.29, 0.717) is 39.3 Å². The van der Waals surface area contributed by atoms with Crippen molar-refractivity contribution in [3.63, 3.8) is 0 Å². The number of ether oxygens (including phenoxy) is 2. The summed E-state index contributed by atoms with van der Waals surface area (Å²) in [7, 11) is 0. The Morgan fingerprint density at radius 1 is 0.973 bits per heavy atom. The second kappa shape index (κ2) is 13.7. The summed E-state index contributed by atoms with van der Waals surface area (Å²) in [5.41, 5.74) is 4.47. The van der Waals surface area contributed by atoms with Crippen molar-refractivity contribution in [2.45, 2.75) is 33.4 Å². The van der Waals surface area contributed by atoms with Gasteiger partial charge in [-0.15, -0.1) is 0 Å². The van der Waals surface area contributed by atoms with Crippen molar-refractivity contribution in [1.82, 2.24) is 10.7 Å². The van der Waals surface area contributed by atoms with Crippen LogP contribution in [-0.2, 0) is 11.4 Å². The van der Waals surface area contributed by atoms with Crippen molar-refractivity contribution in [3.05, 3.63) is 93.5 Å². The third-order valence-electron chi connectivity index (χ3n) is 5.33. The Hall–Kier alpha value is -3.55. The minimum Gasteiger partial charge on any atom is -0.490 e. The molecule has 0 fully saturated rings. The zero-order chi connectivity index (χ0) is 26.8. The van der Waals surface area contributed by atoms with Gasteiger partial charge in [-0.3, -0.25) is 9.59 Å². The highest BCUT2D eigenvalue weighted by molar-refractivity contribution is 6.35. The van der Waals surface area contributed by atoms with Crippen LogP contribution in [0.1, 0.15) is 42.3 Å². The molecule has 9 heteroatoms. The maximum absolute atomic E-state index is 12.7. The van der Waals surface area contributed by atoms with Crippen molar-refractivity contribution < 1.29 is 19.1 Å². The van der Waals surface area contributed by atoms with Gasteiger partial charge in [-0.2, -0.15) is 5.10 Å². The average molecular weight is 542 g/mol. The molecule has 3 aromatic rings. The summed E-state index contributed by atoms with van der Waals surface area (Å²) in [6, 6.07) is 18.5. The fourth-order valence-electron chi connectivity index (χ4n) is 3.38. The lowest BCUT2D eigenvalue weighted by Gasteiger charge is -2.20. The van der Waals surface area contributed by atoms with Crippen LogP contribution in [-0.4, -0.2) is 30.7 Å². The van der Waals surface area contributed by atoms with Crippen LogP contribution in [0.2, 0.25) is 10.0 Å². The van der Waals surface area contributed by atoms with Crippen LogP contribution in [0.4, 0.5) is 0 Å². The second-order valence-electron chi connectivity index (χ2n) is 8.46. The van der Waals surface area contributed by atoms with Crippen molar-refractivity contribution in [2.75, 3.05) is 6.61 Å². The third kappa shape index (κ3) is 8.23. The molecule has 0 spiro atoms. The van der Waals surface area contributed by atoms with Gasteiger partial charge in [-0.25, -0.2) is 5.43 Å². The predicted octanol–water partition coefficient (Wildman–Crippen LogP) is 5.88. The van der Waals surface area contributed by atoms with E-state index in [1.165, 1.54) is 6.21 Å². The van der Waals surface area contributed by atoms with Gasteiger partial charge in [-0.05, 0) is 60.9 Å². The number of hydrogen-bond acceptors (Lipinski definition) is 5. The number of amides is 2. The molecule has 1 unspecified atom stereocenters. The number of carbonyl (C=O) groups is 2. The Morgan fingerprint density at radius 3 is 2.41 bits per heavy atom. The smallest absolute Gasteiger partial charge is 0.262 e. The Labute approximate surface area is 226 Å². The zero-order valence-corrected chi connectivity index (χ0v) is 22.3. The molecule has 0 aromatic heterocycles. The summed E-state index contributed by atoms with van der Waals surface area (Å²) in [6.07, 6.45) is 1.50. The second-order valence-corrected chi connectivity index (χ2v) is 9.30. The molecule has 3 aromatic carbocycles. The van der Waals surface area contributed by atoms with Crippen molar-refractivity contribution in [3.8, 4) is 11.5 Å². The minimum absolute atomic E-state index is 0.141. The number of nitrogens with zero attached hydrogens (tertiary/aromatic N) is 1. The summed E-state index contributed by atoms with van der Waals surface area (Å²) in [6.45, 7) is 6.25. The molecule has 0 aliphatic heterocycles. The van der Waals surface area contributed by atoms with Crippen molar-refractivity contribution >= 4 is 41.2 Å². The molecule has 0 aliphatic carbocycles. The molecule has 0 saturated carbocycles. The number of nitrogens with one attached hydrogen (secondary N) is 2. The number of hydrogen-bond donors (Lipinski definition) is 2. The van der Waals surface area contributed by atoms with E-state index in [2.05, 4.69) is 15.8 Å². The van der Waals surface area contributed by atoms with Crippen LogP contribution < -0.4 is 20.2 Å². The van der Waals surface area contributed by atoms with Crippen molar-refractivity contribution in [1.29, 1.82) is 0 Å². The highest BCUT2D eigenvalue weighted by Crippen LogP contribution is 2.30. The number of carbonyl (C=O) groups excluding carboxylic acids is 2. The van der Waals surface area contributed by atoms with E-state index in [0.717, 1.165) is 5.56 Å². The molecule has 194 valence electrons. The molecule has 0 saturated heterocycles. The zero-order valence-electron chi connectivity index (χ0n) is 20.8. The average Bonchev–Trinajstić information content (AvgIpc) is 2.88. The standard InChI is InChI=1S/C28H29Cl2N3O4/c1-4-36-25-14-19(10-13-24(25)37-17-21-11-12-22(29)15-23(21)30)16-31-33-28(35)26(18(2)3)32-27(34)20-8-6-5-7-9-20/h5-16,18,26H,4,17H2,1-3H3,(H,32,34)(H,33,35). The lowest BCUT2D eigenvalue weighted by Crippen LogP contribution is -2.48. The normalized spacial score (nSPS) is 11.8. The van der Waals surface area contributed by atoms with Crippen LogP contribution in [0.3, 0.4) is 0 Å². The first-order valence-electron chi connectivity index (χ1n) is 11.8. The fraction of sp³-hybridized carbons (Fsp3) is 0.250. The lowest BCUT2D eigenvalue weighted by atomic mass is 10.0. The molecule has 2 N–H and O–H groups in total. The molecule has 3 rings (SSSR count). The fourth-order valence-corrected chi connectivity index (χ4v) is 3.84. The molecule has 0 heterocycles. The van der Waals surface area contributed by atoms with Gasteiger partial charge in [0.25, 0.3) is 11.8 Å². The van der Waals surface area contributed by atoms with Gasteiger partial charge in [-0.1, -0.05) is 61.3 Å². The summed E-state index contributed by atoms with van der Waals surface area (Å²) >= 11 is 12.2. The van der Waals surface area contributed by atoms with Crippen LogP contribution in [0, 0.1) is 5.92 Å². The largest absolute Gasteiger partial charge is 0.490 e. The number of rotatable bonds is 11. The van der Waals surface area contributed by atoms with Crippen LogP contribution in [0.25, 0.3) is 0 Å². The van der Waals surface area contributed by atoms with Crippen LogP contribution >= 0.6 is 23.2 Å². The SMILES string of the molecule is CCOc1cc(C=NNC(=O)C(NC(=O)c2ccccc2)C(C)C)ccc1OCc1ccc(Cl)cc1Cl. The Balaban J connectivity index is 1.64. The van der Waals surface area contributed by atoms with E-state index < -0.39 is 11.9 Å². The van der Waals surface area contributed by atoms with Gasteiger partial charge in [0.15, 0.2) is 11.5 Å². The summed E-state index contributed by atoms with van der Waals surface area (Å²) in [5, 5.41) is 7.91. The first-order valence-corrected chi connectivity index (χ1v) is 12.6. The molecule has 0 bridgehead atoms. The number of hydrazone groups is 1. The van der Waals surface area contributed by atoms with E-state index in [1.54, 1.807) is 60.7 Å². The quantitative estimate of drug-likeness (QED) is 0.234. The van der Waals surface area contributed by atoms with Gasteiger partial charge in [0.1, 0.15) is 12.6 Å². The summed E-state index contributed by atoms with van der Waals surface area (Å²) < 4.78 is 11.6. The van der Waals surface area contributed by atoms with E-state index in [1.807, 2.05) is 26.8 Å². The van der Waals surface area contributed by atoms with Gasteiger partial charge in [0, 0.05) is 21.2 Å². The monoisotopic (exact) mass is 541 g/mol. The molecular weight excluding hydrogens is 513 g/mol. The summed E-state index contributed by atoms with van der Waals surface area (Å²) in [5.74, 6) is 0.184. The topological polar surface area (TPSA) is 89.0 Å². The Kier molecular flexibility index (Phi) is 10.4. The van der Waals surface area contributed by atoms with Crippen molar-refractivity contribution in [2.24, 2.45) is 11.0 Å². The van der Waals surface area contributed by atoms with Gasteiger partial charge >= 0.3 is 0 Å². The minimum atomic E-state index is -0.751. The molecule has 1 atom stereocenters. The molecule has 2 amide bonds. The highest BCUT2D eigenvalue weighted by atomic mass is 35.5. The lowest BCUT2D eigenvalue weighted by molar-refractivity contribution is -0.123. The molecule has 37 heavy (non-hydrogen) atoms. The van der Waals surface area contributed by atoms with Gasteiger partial charge in [0.05, 0.1) is 12.8 Å². The van der Waals surface area contributed by atoms with E-state index in [-0.39, 0.29) is 18.4 Å².